The van der Waals surface area contributed by atoms with E-state index in [2.05, 4.69) is 16.6 Å². The molecule has 2 aromatic carbocycles. The first-order chi connectivity index (χ1) is 15.3. The molecular weight excluding hydrogens is 469 g/mol. The van der Waals surface area contributed by atoms with Gasteiger partial charge < -0.3 is 0 Å². The topological polar surface area (TPSA) is 68.5 Å². The smallest absolute Gasteiger partial charge is 0.263 e. The maximum Gasteiger partial charge on any atom is 0.313 e. The van der Waals surface area contributed by atoms with E-state index >= 15 is 0 Å². The molecule has 1 amide bonds. The molecule has 1 fully saturated rings. The molecule has 0 spiro atoms. The average Bonchev–Trinajstić information content (AvgIpc) is 3.14. The number of amides is 1. The van der Waals surface area contributed by atoms with Gasteiger partial charge in [-0.15, -0.1) is 0 Å². The lowest BCUT2D eigenvalue weighted by atomic mass is 9.90. The van der Waals surface area contributed by atoms with Crippen molar-refractivity contribution < 1.29 is 9.39 Å². The molecule has 2 aliphatic heterocycles. The Bertz CT molecular complexity index is 1090. The number of rotatable bonds is 4. The minimum atomic E-state index is -0.792. The molecule has 2 heterocycles. The van der Waals surface area contributed by atoms with Crippen LogP contribution >= 0.6 is 34.8 Å². The number of anilines is 1. The SMILES string of the molecule is C[N+]1(NC(=O)C2=NN(c3ccc(Cl)cc3Cl)C(c3ccc(Cl)cc3)C2C#N)CCCCC1. The highest BCUT2D eigenvalue weighted by molar-refractivity contribution is 6.41. The van der Waals surface area contributed by atoms with Crippen LogP contribution in [0.1, 0.15) is 30.9 Å². The van der Waals surface area contributed by atoms with E-state index in [1.54, 1.807) is 35.3 Å². The molecular formula is C23H23Cl3N5O+. The Kier molecular flexibility index (Phi) is 6.64. The van der Waals surface area contributed by atoms with Crippen LogP contribution in [-0.2, 0) is 4.79 Å². The van der Waals surface area contributed by atoms with Crippen LogP contribution < -0.4 is 10.4 Å². The summed E-state index contributed by atoms with van der Waals surface area (Å²) in [5.41, 5.74) is 4.63. The van der Waals surface area contributed by atoms with Crippen molar-refractivity contribution in [2.24, 2.45) is 11.0 Å². The summed E-state index contributed by atoms with van der Waals surface area (Å²) in [6.07, 6.45) is 3.25. The number of piperidine rings is 1. The Balaban J connectivity index is 1.74. The van der Waals surface area contributed by atoms with E-state index in [4.69, 9.17) is 34.8 Å². The first-order valence-electron chi connectivity index (χ1n) is 10.5. The normalized spacial score (nSPS) is 22.2. The van der Waals surface area contributed by atoms with Gasteiger partial charge in [0.15, 0.2) is 0 Å². The van der Waals surface area contributed by atoms with Gasteiger partial charge in [0.25, 0.3) is 0 Å². The molecule has 2 aliphatic rings. The van der Waals surface area contributed by atoms with Crippen LogP contribution in [0, 0.1) is 17.2 Å². The maximum absolute atomic E-state index is 13.3. The van der Waals surface area contributed by atoms with Crippen molar-refractivity contribution in [3.63, 3.8) is 0 Å². The van der Waals surface area contributed by atoms with E-state index < -0.39 is 12.0 Å². The Morgan fingerprint density at radius 3 is 2.38 bits per heavy atom. The van der Waals surface area contributed by atoms with E-state index in [1.165, 1.54) is 0 Å². The number of nitrogens with zero attached hydrogens (tertiary/aromatic N) is 4. The van der Waals surface area contributed by atoms with Gasteiger partial charge in [-0.1, -0.05) is 46.9 Å². The quantitative estimate of drug-likeness (QED) is 0.585. The molecule has 0 aromatic heterocycles. The number of benzene rings is 2. The van der Waals surface area contributed by atoms with Gasteiger partial charge in [0.1, 0.15) is 24.7 Å². The Labute approximate surface area is 202 Å². The van der Waals surface area contributed by atoms with E-state index in [9.17, 15) is 10.1 Å². The summed E-state index contributed by atoms with van der Waals surface area (Å²) in [5, 5.41) is 17.8. The van der Waals surface area contributed by atoms with Crippen LogP contribution in [0.25, 0.3) is 0 Å². The number of carbonyl (C=O) groups excluding carboxylic acids is 1. The van der Waals surface area contributed by atoms with Crippen LogP contribution in [0.5, 0.6) is 0 Å². The third kappa shape index (κ3) is 4.57. The van der Waals surface area contributed by atoms with Crippen molar-refractivity contribution in [1.82, 2.24) is 5.43 Å². The maximum atomic E-state index is 13.3. The average molecular weight is 492 g/mol. The molecule has 2 unspecified atom stereocenters. The van der Waals surface area contributed by atoms with Gasteiger partial charge >= 0.3 is 5.91 Å². The fraction of sp³-hybridized carbons (Fsp3) is 0.348. The minimum Gasteiger partial charge on any atom is -0.263 e. The number of likely N-dealkylation sites (tertiary alicyclic amines) is 1. The Morgan fingerprint density at radius 1 is 1.09 bits per heavy atom. The summed E-state index contributed by atoms with van der Waals surface area (Å²) >= 11 is 18.6. The molecule has 2 aromatic rings. The van der Waals surface area contributed by atoms with Crippen LogP contribution in [0.4, 0.5) is 5.69 Å². The molecule has 166 valence electrons. The van der Waals surface area contributed by atoms with Gasteiger partial charge in [0.05, 0.1) is 29.9 Å². The molecule has 9 heteroatoms. The summed E-state index contributed by atoms with van der Waals surface area (Å²) in [5.74, 6) is -1.13. The molecule has 4 rings (SSSR count). The summed E-state index contributed by atoms with van der Waals surface area (Å²) in [6.45, 7) is 1.70. The summed E-state index contributed by atoms with van der Waals surface area (Å²) in [4.78, 5) is 13.3. The highest BCUT2D eigenvalue weighted by atomic mass is 35.5. The van der Waals surface area contributed by atoms with Gasteiger partial charge in [0, 0.05) is 10.0 Å². The third-order valence-electron chi connectivity index (χ3n) is 6.00. The van der Waals surface area contributed by atoms with Crippen LogP contribution in [0.3, 0.4) is 0 Å². The molecule has 1 saturated heterocycles. The number of hydrogen-bond donors (Lipinski definition) is 1. The predicted octanol–water partition coefficient (Wildman–Crippen LogP) is 5.37. The highest BCUT2D eigenvalue weighted by Crippen LogP contribution is 2.42. The van der Waals surface area contributed by atoms with E-state index in [0.29, 0.717) is 25.3 Å². The standard InChI is InChI=1S/C23H22Cl3N5O/c1-31(11-3-2-4-12-31)29-23(32)21-18(14-27)22(15-5-7-16(24)8-6-15)30(28-21)20-10-9-17(25)13-19(20)26/h5-10,13,18,22H,2-4,11-12H2,1H3/p+1. The molecule has 0 aliphatic carbocycles. The fourth-order valence-corrected chi connectivity index (χ4v) is 4.96. The molecule has 6 nitrogen and oxygen atoms in total. The second-order valence-electron chi connectivity index (χ2n) is 8.37. The van der Waals surface area contributed by atoms with Crippen molar-refractivity contribution in [2.75, 3.05) is 25.1 Å². The van der Waals surface area contributed by atoms with Crippen LogP contribution in [-0.4, -0.2) is 36.3 Å². The Morgan fingerprint density at radius 2 is 1.75 bits per heavy atom. The zero-order chi connectivity index (χ0) is 22.9. The highest BCUT2D eigenvalue weighted by Gasteiger charge is 2.44. The van der Waals surface area contributed by atoms with Crippen LogP contribution in [0.2, 0.25) is 15.1 Å². The van der Waals surface area contributed by atoms with E-state index in [0.717, 1.165) is 37.9 Å². The van der Waals surface area contributed by atoms with Crippen molar-refractivity contribution >= 4 is 52.1 Å². The minimum absolute atomic E-state index is 0.170. The molecule has 32 heavy (non-hydrogen) atoms. The van der Waals surface area contributed by atoms with Crippen molar-refractivity contribution in [3.05, 3.63) is 63.1 Å². The molecule has 1 N–H and O–H groups in total. The Hall–Kier alpha value is -2.30. The largest absolute Gasteiger partial charge is 0.313 e. The van der Waals surface area contributed by atoms with Gasteiger partial charge in [-0.25, -0.2) is 4.59 Å². The van der Waals surface area contributed by atoms with E-state index in [-0.39, 0.29) is 11.6 Å². The lowest BCUT2D eigenvalue weighted by molar-refractivity contribution is -0.947. The molecule has 2 atom stereocenters. The zero-order valence-electron chi connectivity index (χ0n) is 17.6. The van der Waals surface area contributed by atoms with Gasteiger partial charge in [0.2, 0.25) is 0 Å². The van der Waals surface area contributed by atoms with Gasteiger partial charge in [-0.05, 0) is 55.2 Å². The fourth-order valence-electron chi connectivity index (χ4n) is 4.34. The number of halogens is 3. The number of quaternary nitrogens is 1. The first kappa shape index (κ1) is 22.9. The molecule has 0 radical (unpaired) electrons. The molecule has 0 saturated carbocycles. The monoisotopic (exact) mass is 490 g/mol. The van der Waals surface area contributed by atoms with E-state index in [1.807, 2.05) is 19.2 Å². The van der Waals surface area contributed by atoms with Crippen molar-refractivity contribution in [3.8, 4) is 6.07 Å². The number of nitrogens with one attached hydrogen (secondary N) is 1. The summed E-state index contributed by atoms with van der Waals surface area (Å²) in [6, 6.07) is 14.0. The number of carbonyl (C=O) groups is 1. The summed E-state index contributed by atoms with van der Waals surface area (Å²) in [7, 11) is 2.00. The van der Waals surface area contributed by atoms with Crippen molar-refractivity contribution in [2.45, 2.75) is 25.3 Å². The lowest BCUT2D eigenvalue weighted by Crippen LogP contribution is -2.61. The number of hydrazone groups is 1. The lowest BCUT2D eigenvalue weighted by Gasteiger charge is -2.36. The second kappa shape index (κ2) is 9.29. The predicted molar refractivity (Wildman–Crippen MR) is 128 cm³/mol. The van der Waals surface area contributed by atoms with Crippen LogP contribution in [0.15, 0.2) is 47.6 Å². The van der Waals surface area contributed by atoms with Gasteiger partial charge in [-0.2, -0.15) is 15.8 Å². The zero-order valence-corrected chi connectivity index (χ0v) is 19.8. The van der Waals surface area contributed by atoms with Crippen molar-refractivity contribution in [1.29, 1.82) is 5.26 Å². The molecule has 0 bridgehead atoms. The first-order valence-corrected chi connectivity index (χ1v) is 11.6. The second-order valence-corrected chi connectivity index (χ2v) is 9.65. The number of nitriles is 1. The summed E-state index contributed by atoms with van der Waals surface area (Å²) < 4.78 is 0.434. The third-order valence-corrected chi connectivity index (χ3v) is 6.79. The number of hydrogen-bond acceptors (Lipinski definition) is 4. The van der Waals surface area contributed by atoms with Gasteiger partial charge in [-0.3, -0.25) is 9.80 Å².